The van der Waals surface area contributed by atoms with Gasteiger partial charge < -0.3 is 14.9 Å². The van der Waals surface area contributed by atoms with Crippen LogP contribution in [0.5, 0.6) is 0 Å². The van der Waals surface area contributed by atoms with E-state index in [0.717, 1.165) is 0 Å². The number of carbonyl (C=O) groups is 1. The summed E-state index contributed by atoms with van der Waals surface area (Å²) < 4.78 is 10.7. The van der Waals surface area contributed by atoms with E-state index in [1.54, 1.807) is 12.1 Å². The van der Waals surface area contributed by atoms with Crippen LogP contribution in [0.4, 0.5) is 0 Å². The minimum Gasteiger partial charge on any atom is -0.481 e. The third-order valence-corrected chi connectivity index (χ3v) is 2.54. The van der Waals surface area contributed by atoms with E-state index in [2.05, 4.69) is 0 Å². The Hall–Kier alpha value is -1.16. The fraction of sp³-hybridized carbons (Fsp3) is 0.222. The summed E-state index contributed by atoms with van der Waals surface area (Å²) in [5.74, 6) is -0.933. The molecule has 0 saturated carbocycles. The molecule has 0 aliphatic rings. The van der Waals surface area contributed by atoms with Gasteiger partial charge in [0.15, 0.2) is 0 Å². The van der Waals surface area contributed by atoms with E-state index in [0.29, 0.717) is 11.1 Å². The molecule has 0 heterocycles. The van der Waals surface area contributed by atoms with E-state index in [4.69, 9.17) is 14.9 Å². The highest BCUT2D eigenvalue weighted by Gasteiger charge is 2.13. The molecule has 3 N–H and O–H groups in total. The molecule has 0 amide bonds. The Morgan fingerprint density at radius 3 is 2.00 bits per heavy atom. The zero-order valence-electron chi connectivity index (χ0n) is 7.83. The fourth-order valence-electron chi connectivity index (χ4n) is 1.17. The van der Waals surface area contributed by atoms with Gasteiger partial charge in [-0.15, -0.1) is 0 Å². The maximum Gasteiger partial charge on any atom is 0.329 e. The van der Waals surface area contributed by atoms with Gasteiger partial charge >= 0.3 is 13.6 Å². The molecule has 1 aromatic carbocycles. The SMILES string of the molecule is O=C(O)Cc1ccc(CP(=O)(O)O)cc1. The average molecular weight is 230 g/mol. The van der Waals surface area contributed by atoms with Gasteiger partial charge in [-0.25, -0.2) is 0 Å². The Bertz CT molecular complexity index is 391. The molecule has 1 rings (SSSR count). The topological polar surface area (TPSA) is 94.8 Å². The summed E-state index contributed by atoms with van der Waals surface area (Å²) in [4.78, 5) is 27.8. The highest BCUT2D eigenvalue weighted by atomic mass is 31.2. The van der Waals surface area contributed by atoms with E-state index in [9.17, 15) is 9.36 Å². The van der Waals surface area contributed by atoms with E-state index in [1.165, 1.54) is 12.1 Å². The van der Waals surface area contributed by atoms with Gasteiger partial charge in [-0.2, -0.15) is 0 Å². The second kappa shape index (κ2) is 4.57. The molecule has 0 aromatic heterocycles. The Morgan fingerprint density at radius 2 is 1.60 bits per heavy atom. The standard InChI is InChI=1S/C9H11O5P/c10-9(11)5-7-1-3-8(4-2-7)6-15(12,13)14/h1-4H,5-6H2,(H,10,11)(H2,12,13,14). The average Bonchev–Trinajstić information content (AvgIpc) is 2.05. The molecule has 0 unspecified atom stereocenters. The number of rotatable bonds is 4. The largest absolute Gasteiger partial charge is 0.481 e. The molecule has 5 nitrogen and oxygen atoms in total. The second-order valence-corrected chi connectivity index (χ2v) is 4.86. The summed E-state index contributed by atoms with van der Waals surface area (Å²) in [6, 6.07) is 6.16. The predicted molar refractivity (Wildman–Crippen MR) is 53.5 cm³/mol. The molecule has 0 bridgehead atoms. The molecule has 0 aliphatic heterocycles. The monoisotopic (exact) mass is 230 g/mol. The second-order valence-electron chi connectivity index (χ2n) is 3.21. The summed E-state index contributed by atoms with van der Waals surface area (Å²) in [5.41, 5.74) is 1.11. The third-order valence-electron chi connectivity index (χ3n) is 1.77. The van der Waals surface area contributed by atoms with E-state index in [1.807, 2.05) is 0 Å². The molecule has 0 saturated heterocycles. The van der Waals surface area contributed by atoms with Crippen molar-refractivity contribution < 1.29 is 24.3 Å². The molecule has 6 heteroatoms. The van der Waals surface area contributed by atoms with Crippen LogP contribution in [0.2, 0.25) is 0 Å². The van der Waals surface area contributed by atoms with Gasteiger partial charge in [0.2, 0.25) is 0 Å². The lowest BCUT2D eigenvalue weighted by Crippen LogP contribution is -1.99. The smallest absolute Gasteiger partial charge is 0.329 e. The van der Waals surface area contributed by atoms with Crippen molar-refractivity contribution >= 4 is 13.6 Å². The van der Waals surface area contributed by atoms with Crippen molar-refractivity contribution in [3.8, 4) is 0 Å². The lowest BCUT2D eigenvalue weighted by Gasteiger charge is -2.04. The van der Waals surface area contributed by atoms with Gasteiger partial charge in [0.1, 0.15) is 0 Å². The lowest BCUT2D eigenvalue weighted by atomic mass is 10.1. The van der Waals surface area contributed by atoms with Crippen LogP contribution in [0, 0.1) is 0 Å². The molecule has 1 aromatic rings. The Morgan fingerprint density at radius 1 is 1.13 bits per heavy atom. The third kappa shape index (κ3) is 4.74. The molecule has 15 heavy (non-hydrogen) atoms. The molecule has 0 aliphatic carbocycles. The van der Waals surface area contributed by atoms with Gasteiger partial charge in [0.05, 0.1) is 12.6 Å². The minimum absolute atomic E-state index is 0.0871. The van der Waals surface area contributed by atoms with E-state index in [-0.39, 0.29) is 12.6 Å². The maximum atomic E-state index is 10.7. The quantitative estimate of drug-likeness (QED) is 0.670. The van der Waals surface area contributed by atoms with Crippen molar-refractivity contribution in [2.45, 2.75) is 12.6 Å². The van der Waals surface area contributed by atoms with Crippen molar-refractivity contribution in [2.24, 2.45) is 0 Å². The zero-order valence-corrected chi connectivity index (χ0v) is 8.72. The van der Waals surface area contributed by atoms with Gasteiger partial charge in [-0.1, -0.05) is 24.3 Å². The Balaban J connectivity index is 2.72. The van der Waals surface area contributed by atoms with Crippen molar-refractivity contribution in [3.05, 3.63) is 35.4 Å². The van der Waals surface area contributed by atoms with Crippen LogP contribution in [0.25, 0.3) is 0 Å². The first kappa shape index (κ1) is 11.9. The summed E-state index contributed by atoms with van der Waals surface area (Å²) in [6.45, 7) is 0. The summed E-state index contributed by atoms with van der Waals surface area (Å²) in [6.07, 6.45) is -0.406. The first-order chi connectivity index (χ1) is 6.87. The lowest BCUT2D eigenvalue weighted by molar-refractivity contribution is -0.136. The van der Waals surface area contributed by atoms with Crippen LogP contribution in [0.3, 0.4) is 0 Å². The predicted octanol–water partition coefficient (Wildman–Crippen LogP) is 0.991. The highest BCUT2D eigenvalue weighted by Crippen LogP contribution is 2.38. The van der Waals surface area contributed by atoms with Gasteiger partial charge in [-0.05, 0) is 11.1 Å². The van der Waals surface area contributed by atoms with E-state index < -0.39 is 13.6 Å². The van der Waals surface area contributed by atoms with E-state index >= 15 is 0 Å². The first-order valence-corrected chi connectivity index (χ1v) is 6.01. The molecule has 0 fully saturated rings. The normalized spacial score (nSPS) is 11.3. The number of aliphatic carboxylic acids is 1. The number of carboxylic acids is 1. The number of carboxylic acid groups (broad SMARTS) is 1. The summed E-state index contributed by atoms with van der Waals surface area (Å²) >= 11 is 0. The summed E-state index contributed by atoms with van der Waals surface area (Å²) in [7, 11) is -4.05. The van der Waals surface area contributed by atoms with Crippen LogP contribution >= 0.6 is 7.60 Å². The Labute approximate surface area is 86.5 Å². The fourth-order valence-corrected chi connectivity index (χ4v) is 1.86. The molecule has 82 valence electrons. The molecular formula is C9H11O5P. The summed E-state index contributed by atoms with van der Waals surface area (Å²) in [5, 5.41) is 8.50. The van der Waals surface area contributed by atoms with Crippen molar-refractivity contribution in [1.29, 1.82) is 0 Å². The number of hydrogen-bond donors (Lipinski definition) is 3. The van der Waals surface area contributed by atoms with Gasteiger partial charge in [-0.3, -0.25) is 9.36 Å². The van der Waals surface area contributed by atoms with Crippen LogP contribution in [0.15, 0.2) is 24.3 Å². The molecular weight excluding hydrogens is 219 g/mol. The van der Waals surface area contributed by atoms with Crippen molar-refractivity contribution in [2.75, 3.05) is 0 Å². The zero-order chi connectivity index (χ0) is 11.5. The minimum atomic E-state index is -4.05. The van der Waals surface area contributed by atoms with Crippen molar-refractivity contribution in [1.82, 2.24) is 0 Å². The highest BCUT2D eigenvalue weighted by molar-refractivity contribution is 7.50. The molecule has 0 spiro atoms. The van der Waals surface area contributed by atoms with Crippen LogP contribution in [-0.2, 0) is 21.9 Å². The molecule has 0 radical (unpaired) electrons. The van der Waals surface area contributed by atoms with Crippen molar-refractivity contribution in [3.63, 3.8) is 0 Å². The molecule has 0 atom stereocenters. The van der Waals surface area contributed by atoms with Crippen LogP contribution in [0.1, 0.15) is 11.1 Å². The number of benzene rings is 1. The van der Waals surface area contributed by atoms with Crippen LogP contribution < -0.4 is 0 Å². The Kier molecular flexibility index (Phi) is 3.63. The maximum absolute atomic E-state index is 10.7. The van der Waals surface area contributed by atoms with Gasteiger partial charge in [0, 0.05) is 0 Å². The van der Waals surface area contributed by atoms with Gasteiger partial charge in [0.25, 0.3) is 0 Å². The number of hydrogen-bond acceptors (Lipinski definition) is 2. The first-order valence-electron chi connectivity index (χ1n) is 4.21. The van der Waals surface area contributed by atoms with Crippen LogP contribution in [-0.4, -0.2) is 20.9 Å².